The number of carbonyl (C=O) groups excluding carboxylic acids is 1. The number of nitrogens with one attached hydrogen (secondary N) is 1. The number of benzene rings is 1. The van der Waals surface area contributed by atoms with Crippen molar-refractivity contribution in [1.82, 2.24) is 9.99 Å². The van der Waals surface area contributed by atoms with E-state index in [1.165, 1.54) is 18.3 Å². The highest BCUT2D eigenvalue weighted by molar-refractivity contribution is 6.33. The van der Waals surface area contributed by atoms with Crippen molar-refractivity contribution < 1.29 is 14.7 Å². The maximum Gasteiger partial charge on any atom is 0.337 e. The third kappa shape index (κ3) is 4.05. The molecule has 128 valence electrons. The molecule has 1 aromatic heterocycles. The molecule has 8 heteroatoms. The fraction of sp³-hybridized carbons (Fsp3) is 0.176. The molecule has 1 aromatic carbocycles. The van der Waals surface area contributed by atoms with E-state index in [0.717, 1.165) is 17.0 Å². The Hall–Kier alpha value is -3.11. The van der Waals surface area contributed by atoms with Crippen LogP contribution in [0.5, 0.6) is 0 Å². The predicted octanol–water partition coefficient (Wildman–Crippen LogP) is 2.81. The van der Waals surface area contributed by atoms with Gasteiger partial charge < -0.3 is 9.67 Å². The van der Waals surface area contributed by atoms with E-state index in [9.17, 15) is 14.7 Å². The van der Waals surface area contributed by atoms with E-state index < -0.39 is 11.9 Å². The van der Waals surface area contributed by atoms with E-state index in [-0.39, 0.29) is 17.0 Å². The highest BCUT2D eigenvalue weighted by Crippen LogP contribution is 2.24. The van der Waals surface area contributed by atoms with Gasteiger partial charge >= 0.3 is 5.97 Å². The maximum atomic E-state index is 11.3. The summed E-state index contributed by atoms with van der Waals surface area (Å²) in [6, 6.07) is 8.35. The summed E-state index contributed by atoms with van der Waals surface area (Å²) in [5, 5.41) is 21.6. The SMILES string of the molecule is Cc1cc(/C=N\NC(=O)CC#N)c(C)n1-c1ccc(Cl)c(C(=O)O)c1. The van der Waals surface area contributed by atoms with Crippen LogP contribution in [0.25, 0.3) is 5.69 Å². The maximum absolute atomic E-state index is 11.3. The lowest BCUT2D eigenvalue weighted by Crippen LogP contribution is -2.16. The number of aromatic carboxylic acids is 1. The Labute approximate surface area is 149 Å². The zero-order chi connectivity index (χ0) is 18.6. The molecule has 0 bridgehead atoms. The van der Waals surface area contributed by atoms with Gasteiger partial charge in [0, 0.05) is 22.6 Å². The first-order chi connectivity index (χ1) is 11.8. The van der Waals surface area contributed by atoms with E-state index in [4.69, 9.17) is 16.9 Å². The molecular weight excluding hydrogens is 344 g/mol. The summed E-state index contributed by atoms with van der Waals surface area (Å²) in [6.07, 6.45) is 1.21. The fourth-order valence-electron chi connectivity index (χ4n) is 2.42. The van der Waals surface area contributed by atoms with E-state index in [2.05, 4.69) is 10.5 Å². The molecule has 0 spiro atoms. The molecule has 0 aliphatic heterocycles. The summed E-state index contributed by atoms with van der Waals surface area (Å²) in [4.78, 5) is 22.5. The first kappa shape index (κ1) is 18.2. The fourth-order valence-corrected chi connectivity index (χ4v) is 2.62. The number of aromatic nitrogens is 1. The third-order valence-corrected chi connectivity index (χ3v) is 3.87. The molecule has 7 nitrogen and oxygen atoms in total. The zero-order valence-corrected chi connectivity index (χ0v) is 14.3. The normalized spacial score (nSPS) is 10.6. The molecule has 0 aliphatic carbocycles. The smallest absolute Gasteiger partial charge is 0.337 e. The van der Waals surface area contributed by atoms with Crippen LogP contribution in [0.4, 0.5) is 0 Å². The molecule has 2 aromatic rings. The second-order valence-corrected chi connectivity index (χ2v) is 5.67. The molecule has 0 aliphatic rings. The Kier molecular flexibility index (Phi) is 5.57. The molecule has 0 radical (unpaired) electrons. The van der Waals surface area contributed by atoms with Crippen LogP contribution in [0.1, 0.15) is 33.7 Å². The van der Waals surface area contributed by atoms with E-state index in [1.54, 1.807) is 12.1 Å². The number of hydrogen-bond acceptors (Lipinski definition) is 4. The van der Waals surface area contributed by atoms with Gasteiger partial charge in [-0.1, -0.05) is 11.6 Å². The summed E-state index contributed by atoms with van der Waals surface area (Å²) in [5.41, 5.74) is 5.37. The molecule has 0 unspecified atom stereocenters. The quantitative estimate of drug-likeness (QED) is 0.632. The van der Waals surface area contributed by atoms with Crippen molar-refractivity contribution in [2.45, 2.75) is 20.3 Å². The Morgan fingerprint density at radius 2 is 2.12 bits per heavy atom. The van der Waals surface area contributed by atoms with Crippen molar-refractivity contribution in [2.24, 2.45) is 5.10 Å². The minimum atomic E-state index is -1.10. The minimum absolute atomic E-state index is 0.0191. The van der Waals surface area contributed by atoms with Crippen molar-refractivity contribution in [2.75, 3.05) is 0 Å². The van der Waals surface area contributed by atoms with Crippen molar-refractivity contribution in [3.8, 4) is 11.8 Å². The topological polar surface area (TPSA) is 107 Å². The van der Waals surface area contributed by atoms with Crippen LogP contribution < -0.4 is 5.43 Å². The first-order valence-corrected chi connectivity index (χ1v) is 7.64. The van der Waals surface area contributed by atoms with Gasteiger partial charge in [0.1, 0.15) is 6.42 Å². The number of amides is 1. The highest BCUT2D eigenvalue weighted by Gasteiger charge is 2.14. The molecule has 1 heterocycles. The van der Waals surface area contributed by atoms with Gasteiger partial charge in [0.25, 0.3) is 5.91 Å². The number of carboxylic acids is 1. The molecule has 0 fully saturated rings. The largest absolute Gasteiger partial charge is 0.478 e. The van der Waals surface area contributed by atoms with Crippen LogP contribution in [0.15, 0.2) is 29.4 Å². The number of nitriles is 1. The Morgan fingerprint density at radius 3 is 2.76 bits per heavy atom. The molecule has 2 rings (SSSR count). The Morgan fingerprint density at radius 1 is 1.40 bits per heavy atom. The molecule has 25 heavy (non-hydrogen) atoms. The standard InChI is InChI=1S/C17H15ClN4O3/c1-10-7-12(9-20-21-16(23)5-6-19)11(2)22(10)13-3-4-15(18)14(8-13)17(24)25/h3-4,7-9H,5H2,1-2H3,(H,21,23)(H,24,25)/b20-9-. The lowest BCUT2D eigenvalue weighted by atomic mass is 10.2. The van der Waals surface area contributed by atoms with Gasteiger partial charge in [-0.2, -0.15) is 10.4 Å². The number of carbonyl (C=O) groups is 2. The van der Waals surface area contributed by atoms with Gasteiger partial charge in [-0.25, -0.2) is 10.2 Å². The molecule has 0 saturated carbocycles. The van der Waals surface area contributed by atoms with Gasteiger partial charge in [0.15, 0.2) is 0 Å². The lowest BCUT2D eigenvalue weighted by Gasteiger charge is -2.11. The predicted molar refractivity (Wildman–Crippen MR) is 93.2 cm³/mol. The van der Waals surface area contributed by atoms with Gasteiger partial charge in [-0.05, 0) is 38.1 Å². The minimum Gasteiger partial charge on any atom is -0.478 e. The number of nitrogens with zero attached hydrogens (tertiary/aromatic N) is 3. The van der Waals surface area contributed by atoms with Crippen LogP contribution in [0.2, 0.25) is 5.02 Å². The third-order valence-electron chi connectivity index (χ3n) is 3.54. The monoisotopic (exact) mass is 358 g/mol. The lowest BCUT2D eigenvalue weighted by molar-refractivity contribution is -0.120. The van der Waals surface area contributed by atoms with E-state index in [0.29, 0.717) is 5.69 Å². The van der Waals surface area contributed by atoms with E-state index >= 15 is 0 Å². The van der Waals surface area contributed by atoms with Gasteiger partial charge in [-0.3, -0.25) is 4.79 Å². The van der Waals surface area contributed by atoms with Gasteiger partial charge in [-0.15, -0.1) is 0 Å². The van der Waals surface area contributed by atoms with Gasteiger partial charge in [0.05, 0.1) is 22.9 Å². The van der Waals surface area contributed by atoms with Gasteiger partial charge in [0.2, 0.25) is 0 Å². The van der Waals surface area contributed by atoms with Crippen molar-refractivity contribution in [3.63, 3.8) is 0 Å². The second kappa shape index (κ2) is 7.64. The second-order valence-electron chi connectivity index (χ2n) is 5.26. The number of carboxylic acid groups (broad SMARTS) is 1. The number of rotatable bonds is 5. The Balaban J connectivity index is 2.36. The average Bonchev–Trinajstić information content (AvgIpc) is 2.82. The number of hydrazone groups is 1. The molecular formula is C17H15ClN4O3. The van der Waals surface area contributed by atoms with Crippen molar-refractivity contribution in [1.29, 1.82) is 5.26 Å². The van der Waals surface area contributed by atoms with Crippen LogP contribution in [-0.4, -0.2) is 27.8 Å². The van der Waals surface area contributed by atoms with Crippen LogP contribution in [0.3, 0.4) is 0 Å². The zero-order valence-electron chi connectivity index (χ0n) is 13.6. The summed E-state index contributed by atoms with van der Waals surface area (Å²) in [7, 11) is 0. The summed E-state index contributed by atoms with van der Waals surface area (Å²) in [5.74, 6) is -1.59. The molecule has 0 saturated heterocycles. The number of halogens is 1. The molecule has 1 amide bonds. The van der Waals surface area contributed by atoms with Crippen molar-refractivity contribution >= 4 is 29.7 Å². The molecule has 2 N–H and O–H groups in total. The number of aryl methyl sites for hydroxylation is 1. The first-order valence-electron chi connectivity index (χ1n) is 7.26. The Bertz CT molecular complexity index is 909. The van der Waals surface area contributed by atoms with Crippen molar-refractivity contribution in [3.05, 3.63) is 51.8 Å². The average molecular weight is 359 g/mol. The summed E-state index contributed by atoms with van der Waals surface area (Å²) in [6.45, 7) is 3.72. The summed E-state index contributed by atoms with van der Waals surface area (Å²) < 4.78 is 1.86. The van der Waals surface area contributed by atoms with Crippen LogP contribution >= 0.6 is 11.6 Å². The number of hydrogen-bond donors (Lipinski definition) is 2. The van der Waals surface area contributed by atoms with Crippen LogP contribution in [-0.2, 0) is 4.79 Å². The van der Waals surface area contributed by atoms with E-state index in [1.807, 2.05) is 24.5 Å². The van der Waals surface area contributed by atoms with Crippen LogP contribution in [0, 0.1) is 25.2 Å². The summed E-state index contributed by atoms with van der Waals surface area (Å²) >= 11 is 5.91. The highest BCUT2D eigenvalue weighted by atomic mass is 35.5. The molecule has 0 atom stereocenters.